The van der Waals surface area contributed by atoms with Gasteiger partial charge >= 0.3 is 0 Å². The molecule has 0 aliphatic carbocycles. The van der Waals surface area contributed by atoms with Gasteiger partial charge in [0, 0.05) is 6.54 Å². The molecule has 4 aromatic rings. The standard InChI is InChI=1S/C22H23N5S/c1-15-8-10-27(11-9-15)14-16-6-7-19-20(12-16)28-22(25-19)26-21-13-23-17-4-2-3-5-18(17)24-21/h2-7,12-13,15H,8-11,14H2,1H3,(H,24,25,26). The first-order valence-electron chi connectivity index (χ1n) is 9.83. The Morgan fingerprint density at radius 3 is 2.71 bits per heavy atom. The van der Waals surface area contributed by atoms with Gasteiger partial charge in [0.1, 0.15) is 0 Å². The number of likely N-dealkylation sites (tertiary alicyclic amines) is 1. The zero-order valence-electron chi connectivity index (χ0n) is 15.9. The fourth-order valence-electron chi connectivity index (χ4n) is 3.73. The number of anilines is 2. The molecule has 5 nitrogen and oxygen atoms in total. The topological polar surface area (TPSA) is 53.9 Å². The monoisotopic (exact) mass is 389 g/mol. The molecule has 0 unspecified atom stereocenters. The van der Waals surface area contributed by atoms with E-state index in [0.717, 1.165) is 40.0 Å². The summed E-state index contributed by atoms with van der Waals surface area (Å²) in [5.74, 6) is 1.59. The van der Waals surface area contributed by atoms with Crippen LogP contribution in [0.15, 0.2) is 48.7 Å². The van der Waals surface area contributed by atoms with Gasteiger partial charge in [0.25, 0.3) is 0 Å². The molecule has 2 aromatic carbocycles. The molecule has 1 saturated heterocycles. The number of thiazole rings is 1. The molecule has 2 aromatic heterocycles. The van der Waals surface area contributed by atoms with Crippen LogP contribution in [-0.4, -0.2) is 32.9 Å². The molecule has 1 aliphatic rings. The van der Waals surface area contributed by atoms with Gasteiger partial charge in [-0.25, -0.2) is 9.97 Å². The highest BCUT2D eigenvalue weighted by molar-refractivity contribution is 7.22. The molecule has 3 heterocycles. The Morgan fingerprint density at radius 1 is 1.04 bits per heavy atom. The highest BCUT2D eigenvalue weighted by atomic mass is 32.1. The first kappa shape index (κ1) is 17.5. The van der Waals surface area contributed by atoms with Crippen LogP contribution < -0.4 is 5.32 Å². The van der Waals surface area contributed by atoms with Gasteiger partial charge in [0.05, 0.1) is 27.4 Å². The van der Waals surface area contributed by atoms with Crippen molar-refractivity contribution in [2.45, 2.75) is 26.3 Å². The van der Waals surface area contributed by atoms with E-state index in [0.29, 0.717) is 0 Å². The number of aromatic nitrogens is 3. The summed E-state index contributed by atoms with van der Waals surface area (Å²) in [5.41, 5.74) is 4.17. The van der Waals surface area contributed by atoms with Gasteiger partial charge in [-0.1, -0.05) is 36.5 Å². The average molecular weight is 390 g/mol. The summed E-state index contributed by atoms with van der Waals surface area (Å²) in [6, 6.07) is 14.5. The largest absolute Gasteiger partial charge is 0.315 e. The Morgan fingerprint density at radius 2 is 1.86 bits per heavy atom. The number of hydrogen-bond donors (Lipinski definition) is 1. The van der Waals surface area contributed by atoms with Gasteiger partial charge in [0.2, 0.25) is 0 Å². The van der Waals surface area contributed by atoms with Gasteiger partial charge in [-0.3, -0.25) is 9.88 Å². The van der Waals surface area contributed by atoms with Gasteiger partial charge in [0.15, 0.2) is 10.9 Å². The predicted octanol–water partition coefficient (Wildman–Crippen LogP) is 5.22. The molecule has 0 bridgehead atoms. The molecule has 142 valence electrons. The first-order valence-corrected chi connectivity index (χ1v) is 10.7. The lowest BCUT2D eigenvalue weighted by molar-refractivity contribution is 0.185. The molecule has 0 saturated carbocycles. The summed E-state index contributed by atoms with van der Waals surface area (Å²) in [4.78, 5) is 16.4. The molecule has 0 amide bonds. The highest BCUT2D eigenvalue weighted by Gasteiger charge is 2.16. The molecule has 1 fully saturated rings. The van der Waals surface area contributed by atoms with Crippen LogP contribution in [0.4, 0.5) is 10.9 Å². The lowest BCUT2D eigenvalue weighted by Crippen LogP contribution is -2.32. The van der Waals surface area contributed by atoms with Crippen LogP contribution in [0.3, 0.4) is 0 Å². The fourth-order valence-corrected chi connectivity index (χ4v) is 4.66. The van der Waals surface area contributed by atoms with Crippen molar-refractivity contribution < 1.29 is 0 Å². The molecule has 28 heavy (non-hydrogen) atoms. The number of nitrogens with one attached hydrogen (secondary N) is 1. The second kappa shape index (κ2) is 7.45. The second-order valence-corrected chi connectivity index (χ2v) is 8.68. The lowest BCUT2D eigenvalue weighted by Gasteiger charge is -2.30. The SMILES string of the molecule is CC1CCN(Cc2ccc3nc(Nc4cnc5ccccc5n4)sc3c2)CC1. The molecule has 5 rings (SSSR count). The van der Waals surface area contributed by atoms with E-state index in [1.807, 2.05) is 24.3 Å². The van der Waals surface area contributed by atoms with Crippen molar-refractivity contribution in [3.05, 3.63) is 54.2 Å². The van der Waals surface area contributed by atoms with Crippen LogP contribution in [0.2, 0.25) is 0 Å². The number of benzene rings is 2. The van der Waals surface area contributed by atoms with Gasteiger partial charge < -0.3 is 5.32 Å². The van der Waals surface area contributed by atoms with Crippen molar-refractivity contribution in [3.8, 4) is 0 Å². The number of hydrogen-bond acceptors (Lipinski definition) is 6. The number of rotatable bonds is 4. The van der Waals surface area contributed by atoms with Crippen molar-refractivity contribution in [2.24, 2.45) is 5.92 Å². The molecule has 1 N–H and O–H groups in total. The fraction of sp³-hybridized carbons (Fsp3) is 0.318. The minimum absolute atomic E-state index is 0.723. The van der Waals surface area contributed by atoms with E-state index in [9.17, 15) is 0 Å². The maximum Gasteiger partial charge on any atom is 0.189 e. The third kappa shape index (κ3) is 3.70. The van der Waals surface area contributed by atoms with E-state index in [1.165, 1.54) is 36.2 Å². The molecular formula is C22H23N5S. The van der Waals surface area contributed by atoms with Crippen LogP contribution >= 0.6 is 11.3 Å². The molecular weight excluding hydrogens is 366 g/mol. The predicted molar refractivity (Wildman–Crippen MR) is 116 cm³/mol. The average Bonchev–Trinajstić information content (AvgIpc) is 3.11. The van der Waals surface area contributed by atoms with Crippen molar-refractivity contribution in [1.29, 1.82) is 0 Å². The number of piperidine rings is 1. The molecule has 0 atom stereocenters. The van der Waals surface area contributed by atoms with Crippen molar-refractivity contribution in [3.63, 3.8) is 0 Å². The van der Waals surface area contributed by atoms with E-state index < -0.39 is 0 Å². The smallest absolute Gasteiger partial charge is 0.189 e. The van der Waals surface area contributed by atoms with Crippen molar-refractivity contribution in [1.82, 2.24) is 19.9 Å². The maximum absolute atomic E-state index is 4.71. The van der Waals surface area contributed by atoms with Crippen molar-refractivity contribution >= 4 is 43.5 Å². The van der Waals surface area contributed by atoms with Crippen LogP contribution in [0, 0.1) is 5.92 Å². The summed E-state index contributed by atoms with van der Waals surface area (Å²) >= 11 is 1.67. The Bertz CT molecular complexity index is 1110. The third-order valence-electron chi connectivity index (χ3n) is 5.42. The van der Waals surface area contributed by atoms with Crippen LogP contribution in [-0.2, 0) is 6.54 Å². The Labute approximate surface area is 168 Å². The summed E-state index contributed by atoms with van der Waals surface area (Å²) in [6.07, 6.45) is 4.38. The molecule has 1 aliphatic heterocycles. The Kier molecular flexibility index (Phi) is 4.66. The first-order chi connectivity index (χ1) is 13.7. The number of fused-ring (bicyclic) bond motifs is 2. The van der Waals surface area contributed by atoms with Crippen LogP contribution in [0.1, 0.15) is 25.3 Å². The zero-order valence-corrected chi connectivity index (χ0v) is 16.7. The second-order valence-electron chi connectivity index (χ2n) is 7.65. The summed E-state index contributed by atoms with van der Waals surface area (Å²) in [5, 5.41) is 4.17. The Balaban J connectivity index is 1.34. The van der Waals surface area contributed by atoms with E-state index in [4.69, 9.17) is 4.98 Å². The number of para-hydroxylation sites is 2. The normalized spacial score (nSPS) is 16.0. The van der Waals surface area contributed by atoms with Crippen LogP contribution in [0.25, 0.3) is 21.3 Å². The van der Waals surface area contributed by atoms with Crippen LogP contribution in [0.5, 0.6) is 0 Å². The highest BCUT2D eigenvalue weighted by Crippen LogP contribution is 2.29. The molecule has 6 heteroatoms. The van der Waals surface area contributed by atoms with E-state index >= 15 is 0 Å². The maximum atomic E-state index is 4.71. The summed E-state index contributed by atoms with van der Waals surface area (Å²) in [6.45, 7) is 5.79. The van der Waals surface area contributed by atoms with E-state index in [-0.39, 0.29) is 0 Å². The van der Waals surface area contributed by atoms with Gasteiger partial charge in [-0.15, -0.1) is 0 Å². The zero-order chi connectivity index (χ0) is 18.9. The Hall–Kier alpha value is -2.57. The number of nitrogens with zero attached hydrogens (tertiary/aromatic N) is 4. The van der Waals surface area contributed by atoms with E-state index in [2.05, 4.69) is 45.3 Å². The lowest BCUT2D eigenvalue weighted by atomic mass is 9.99. The van der Waals surface area contributed by atoms with Gasteiger partial charge in [-0.05, 0) is 61.7 Å². The minimum Gasteiger partial charge on any atom is -0.315 e. The third-order valence-corrected chi connectivity index (χ3v) is 6.35. The molecule has 0 radical (unpaired) electrons. The summed E-state index contributed by atoms with van der Waals surface area (Å²) in [7, 11) is 0. The quantitative estimate of drug-likeness (QED) is 0.519. The van der Waals surface area contributed by atoms with Crippen molar-refractivity contribution in [2.75, 3.05) is 18.4 Å². The minimum atomic E-state index is 0.723. The molecule has 0 spiro atoms. The summed E-state index contributed by atoms with van der Waals surface area (Å²) < 4.78 is 1.21. The van der Waals surface area contributed by atoms with Gasteiger partial charge in [-0.2, -0.15) is 0 Å². The van der Waals surface area contributed by atoms with E-state index in [1.54, 1.807) is 17.5 Å².